The number of carbonyl (C=O) groups excluding carboxylic acids is 2. The van der Waals surface area contributed by atoms with Crippen molar-refractivity contribution in [2.45, 2.75) is 32.7 Å². The van der Waals surface area contributed by atoms with Crippen molar-refractivity contribution in [1.29, 1.82) is 0 Å². The van der Waals surface area contributed by atoms with Gasteiger partial charge in [0, 0.05) is 17.6 Å². The summed E-state index contributed by atoms with van der Waals surface area (Å²) in [6.07, 6.45) is 1.53. The molecular formula is C17H19N3O2. The molecule has 1 aromatic heterocycles. The second kappa shape index (κ2) is 5.75. The summed E-state index contributed by atoms with van der Waals surface area (Å²) < 4.78 is 0. The minimum Gasteiger partial charge on any atom is -0.354 e. The van der Waals surface area contributed by atoms with Gasteiger partial charge in [0.15, 0.2) is 0 Å². The van der Waals surface area contributed by atoms with Gasteiger partial charge >= 0.3 is 0 Å². The Bertz CT molecular complexity index is 755. The fourth-order valence-corrected chi connectivity index (χ4v) is 2.78. The first-order valence-electron chi connectivity index (χ1n) is 7.57. The van der Waals surface area contributed by atoms with E-state index in [1.807, 2.05) is 25.1 Å². The van der Waals surface area contributed by atoms with Crippen molar-refractivity contribution in [2.24, 2.45) is 0 Å². The van der Waals surface area contributed by atoms with Gasteiger partial charge in [0.25, 0.3) is 5.91 Å². The van der Waals surface area contributed by atoms with Gasteiger partial charge in [0.1, 0.15) is 6.04 Å². The topological polar surface area (TPSA) is 71.1 Å². The minimum atomic E-state index is -0.439. The lowest BCUT2D eigenvalue weighted by Crippen LogP contribution is -2.40. The van der Waals surface area contributed by atoms with E-state index in [1.54, 1.807) is 6.07 Å². The van der Waals surface area contributed by atoms with Crippen LogP contribution in [0, 0.1) is 6.92 Å². The van der Waals surface area contributed by atoms with Crippen LogP contribution in [0.3, 0.4) is 0 Å². The van der Waals surface area contributed by atoms with Gasteiger partial charge in [0.05, 0.1) is 11.1 Å². The number of hydrogen-bond acceptors (Lipinski definition) is 3. The van der Waals surface area contributed by atoms with Gasteiger partial charge < -0.3 is 10.6 Å². The van der Waals surface area contributed by atoms with Crippen molar-refractivity contribution in [3.63, 3.8) is 0 Å². The van der Waals surface area contributed by atoms with E-state index in [1.165, 1.54) is 0 Å². The molecule has 5 nitrogen and oxygen atoms in total. The number of nitrogens with zero attached hydrogens (tertiary/aromatic N) is 1. The zero-order valence-electron chi connectivity index (χ0n) is 12.8. The Balaban J connectivity index is 2.00. The van der Waals surface area contributed by atoms with Gasteiger partial charge in [-0.2, -0.15) is 0 Å². The van der Waals surface area contributed by atoms with Gasteiger partial charge in [0.2, 0.25) is 5.91 Å². The van der Waals surface area contributed by atoms with Crippen molar-refractivity contribution in [2.75, 3.05) is 6.54 Å². The van der Waals surface area contributed by atoms with Crippen LogP contribution < -0.4 is 10.6 Å². The highest BCUT2D eigenvalue weighted by Gasteiger charge is 2.26. The molecule has 114 valence electrons. The molecule has 2 N–H and O–H groups in total. The Morgan fingerprint density at radius 1 is 1.41 bits per heavy atom. The van der Waals surface area contributed by atoms with Gasteiger partial charge in [-0.3, -0.25) is 14.6 Å². The predicted octanol–water partition coefficient (Wildman–Crippen LogP) is 1.72. The number of fused-ring (bicyclic) bond motifs is 1. The molecule has 3 rings (SSSR count). The zero-order valence-corrected chi connectivity index (χ0v) is 12.8. The van der Waals surface area contributed by atoms with Gasteiger partial charge in [-0.05, 0) is 43.5 Å². The maximum Gasteiger partial charge on any atom is 0.252 e. The number of aryl methyl sites for hydroxylation is 2. The quantitative estimate of drug-likeness (QED) is 0.906. The van der Waals surface area contributed by atoms with Crippen LogP contribution in [0.25, 0.3) is 10.9 Å². The minimum absolute atomic E-state index is 0.113. The third kappa shape index (κ3) is 2.66. The van der Waals surface area contributed by atoms with Crippen LogP contribution in [0.4, 0.5) is 0 Å². The molecule has 1 fully saturated rings. The van der Waals surface area contributed by atoms with E-state index in [2.05, 4.69) is 22.5 Å². The molecule has 5 heteroatoms. The first-order valence-corrected chi connectivity index (χ1v) is 7.57. The predicted molar refractivity (Wildman–Crippen MR) is 84.7 cm³/mol. The van der Waals surface area contributed by atoms with Gasteiger partial charge in [-0.1, -0.05) is 13.0 Å². The van der Waals surface area contributed by atoms with E-state index in [4.69, 9.17) is 0 Å². The molecule has 1 aliphatic rings. The van der Waals surface area contributed by atoms with E-state index in [9.17, 15) is 9.59 Å². The molecule has 0 bridgehead atoms. The van der Waals surface area contributed by atoms with Crippen molar-refractivity contribution in [1.82, 2.24) is 15.6 Å². The Morgan fingerprint density at radius 2 is 2.23 bits per heavy atom. The number of hydrogen-bond donors (Lipinski definition) is 2. The van der Waals surface area contributed by atoms with Crippen molar-refractivity contribution in [3.05, 3.63) is 41.1 Å². The highest BCUT2D eigenvalue weighted by molar-refractivity contribution is 6.07. The van der Waals surface area contributed by atoms with Crippen LogP contribution in [0.15, 0.2) is 24.3 Å². The lowest BCUT2D eigenvalue weighted by atomic mass is 10.0. The molecule has 0 saturated carbocycles. The molecule has 1 aromatic carbocycles. The van der Waals surface area contributed by atoms with Gasteiger partial charge in [-0.25, -0.2) is 0 Å². The fraction of sp³-hybridized carbons (Fsp3) is 0.353. The number of pyridine rings is 1. The van der Waals surface area contributed by atoms with Crippen LogP contribution >= 0.6 is 0 Å². The molecule has 2 amide bonds. The maximum absolute atomic E-state index is 12.6. The summed E-state index contributed by atoms with van der Waals surface area (Å²) in [5.41, 5.74) is 3.33. The van der Waals surface area contributed by atoms with Gasteiger partial charge in [-0.15, -0.1) is 0 Å². The largest absolute Gasteiger partial charge is 0.354 e. The summed E-state index contributed by atoms with van der Waals surface area (Å²) in [6, 6.07) is 7.32. The number of aromatic nitrogens is 1. The molecule has 2 heterocycles. The third-order valence-corrected chi connectivity index (χ3v) is 4.01. The highest BCUT2D eigenvalue weighted by atomic mass is 16.2. The summed E-state index contributed by atoms with van der Waals surface area (Å²) >= 11 is 0. The Labute approximate surface area is 129 Å². The van der Waals surface area contributed by atoms with E-state index in [-0.39, 0.29) is 11.8 Å². The monoisotopic (exact) mass is 297 g/mol. The van der Waals surface area contributed by atoms with E-state index in [0.29, 0.717) is 18.5 Å². The molecule has 22 heavy (non-hydrogen) atoms. The normalized spacial score (nSPS) is 17.5. The summed E-state index contributed by atoms with van der Waals surface area (Å²) in [5, 5.41) is 6.38. The average molecular weight is 297 g/mol. The van der Waals surface area contributed by atoms with Crippen molar-refractivity contribution < 1.29 is 9.59 Å². The summed E-state index contributed by atoms with van der Waals surface area (Å²) in [4.78, 5) is 28.7. The SMILES string of the molecule is CCc1ccc2nc(C)cc(C(=O)NC3CCNC3=O)c2c1. The Kier molecular flexibility index (Phi) is 3.79. The Morgan fingerprint density at radius 3 is 2.91 bits per heavy atom. The van der Waals surface area contributed by atoms with Crippen LogP contribution in [0.1, 0.15) is 35.0 Å². The first kappa shape index (κ1) is 14.5. The molecule has 0 radical (unpaired) electrons. The molecule has 0 spiro atoms. The molecule has 1 unspecified atom stereocenters. The summed E-state index contributed by atoms with van der Waals surface area (Å²) in [5.74, 6) is -0.330. The molecular weight excluding hydrogens is 278 g/mol. The second-order valence-electron chi connectivity index (χ2n) is 5.62. The van der Waals surface area contributed by atoms with Crippen molar-refractivity contribution >= 4 is 22.7 Å². The molecule has 1 aliphatic heterocycles. The second-order valence-corrected chi connectivity index (χ2v) is 5.62. The fourth-order valence-electron chi connectivity index (χ4n) is 2.78. The Hall–Kier alpha value is -2.43. The molecule has 0 aliphatic carbocycles. The standard InChI is InChI=1S/C17H19N3O2/c1-3-11-4-5-14-12(9-11)13(8-10(2)19-14)16(21)20-15-6-7-18-17(15)22/h4-5,8-9,15H,3,6-7H2,1-2H3,(H,18,22)(H,20,21). The number of benzene rings is 1. The van der Waals surface area contributed by atoms with Crippen LogP contribution in [0.2, 0.25) is 0 Å². The third-order valence-electron chi connectivity index (χ3n) is 4.01. The smallest absolute Gasteiger partial charge is 0.252 e. The molecule has 2 aromatic rings. The number of rotatable bonds is 3. The van der Waals surface area contributed by atoms with E-state index in [0.717, 1.165) is 28.6 Å². The maximum atomic E-state index is 12.6. The molecule has 1 atom stereocenters. The summed E-state index contributed by atoms with van der Waals surface area (Å²) in [6.45, 7) is 4.55. The van der Waals surface area contributed by atoms with Crippen LogP contribution in [-0.4, -0.2) is 29.4 Å². The lowest BCUT2D eigenvalue weighted by molar-refractivity contribution is -0.120. The van der Waals surface area contributed by atoms with Crippen molar-refractivity contribution in [3.8, 4) is 0 Å². The molecule has 1 saturated heterocycles. The summed E-state index contributed by atoms with van der Waals surface area (Å²) in [7, 11) is 0. The van der Waals surface area contributed by atoms with Crippen LogP contribution in [-0.2, 0) is 11.2 Å². The van der Waals surface area contributed by atoms with E-state index >= 15 is 0 Å². The highest BCUT2D eigenvalue weighted by Crippen LogP contribution is 2.21. The van der Waals surface area contributed by atoms with E-state index < -0.39 is 6.04 Å². The first-order chi connectivity index (χ1) is 10.6. The number of amides is 2. The zero-order chi connectivity index (χ0) is 15.7. The number of nitrogens with one attached hydrogen (secondary N) is 2. The lowest BCUT2D eigenvalue weighted by Gasteiger charge is -2.13. The van der Waals surface area contributed by atoms with Crippen LogP contribution in [0.5, 0.6) is 0 Å². The average Bonchev–Trinajstić information content (AvgIpc) is 2.91. The number of carbonyl (C=O) groups is 2.